The van der Waals surface area contributed by atoms with Crippen LogP contribution in [0.3, 0.4) is 0 Å². The van der Waals surface area contributed by atoms with Gasteiger partial charge in [0.05, 0.1) is 22.4 Å². The lowest BCUT2D eigenvalue weighted by Crippen LogP contribution is -2.47. The van der Waals surface area contributed by atoms with Crippen molar-refractivity contribution in [1.82, 2.24) is 4.90 Å². The van der Waals surface area contributed by atoms with Gasteiger partial charge in [0, 0.05) is 13.1 Å². The molecule has 1 saturated heterocycles. The molecule has 1 aliphatic heterocycles. The Labute approximate surface area is 175 Å². The van der Waals surface area contributed by atoms with Crippen molar-refractivity contribution in [3.05, 3.63) is 59.7 Å². The zero-order chi connectivity index (χ0) is 21.7. The van der Waals surface area contributed by atoms with Gasteiger partial charge in [0.2, 0.25) is 5.91 Å². The molecule has 0 radical (unpaired) electrons. The second-order valence-electron chi connectivity index (χ2n) is 7.67. The molecule has 2 aromatic carbocycles. The molecule has 0 unspecified atom stereocenters. The number of piperidine rings is 1. The van der Waals surface area contributed by atoms with E-state index in [4.69, 9.17) is 16.2 Å². The van der Waals surface area contributed by atoms with Crippen molar-refractivity contribution in [1.29, 1.82) is 0 Å². The summed E-state index contributed by atoms with van der Waals surface area (Å²) in [6.07, 6.45) is 0.573. The summed E-state index contributed by atoms with van der Waals surface area (Å²) in [5, 5.41) is 2.80. The minimum atomic E-state index is -0.675. The van der Waals surface area contributed by atoms with Crippen LogP contribution >= 0.6 is 0 Å². The van der Waals surface area contributed by atoms with E-state index in [9.17, 15) is 14.4 Å². The molecule has 0 aromatic heterocycles. The lowest BCUT2D eigenvalue weighted by atomic mass is 9.79. The number of nitrogen functional groups attached to an aromatic ring is 1. The molecule has 1 fully saturated rings. The lowest BCUT2D eigenvalue weighted by Gasteiger charge is -2.37. The second kappa shape index (κ2) is 8.86. The van der Waals surface area contributed by atoms with Crippen LogP contribution in [0.25, 0.3) is 0 Å². The van der Waals surface area contributed by atoms with Gasteiger partial charge in [-0.25, -0.2) is 4.79 Å². The smallest absolute Gasteiger partial charge is 0.410 e. The molecule has 3 rings (SSSR count). The average Bonchev–Trinajstić information content (AvgIpc) is 2.74. The Morgan fingerprint density at radius 3 is 2.37 bits per heavy atom. The SMILES string of the molecule is CC1(C(=O)Nc2cccc(C(N)=O)c2N)CCN(C(=O)OCc2ccccc2)CC1. The summed E-state index contributed by atoms with van der Waals surface area (Å²) in [6, 6.07) is 14.2. The number of carbonyl (C=O) groups is 3. The number of hydrogen-bond acceptors (Lipinski definition) is 5. The van der Waals surface area contributed by atoms with Gasteiger partial charge in [0.25, 0.3) is 5.91 Å². The fourth-order valence-electron chi connectivity index (χ4n) is 3.38. The topological polar surface area (TPSA) is 128 Å². The molecule has 5 N–H and O–H groups in total. The van der Waals surface area contributed by atoms with Gasteiger partial charge in [0.1, 0.15) is 6.61 Å². The van der Waals surface area contributed by atoms with Crippen molar-refractivity contribution >= 4 is 29.3 Å². The van der Waals surface area contributed by atoms with Crippen LogP contribution in [0.15, 0.2) is 48.5 Å². The highest BCUT2D eigenvalue weighted by molar-refractivity contribution is 6.04. The van der Waals surface area contributed by atoms with Gasteiger partial charge in [-0.15, -0.1) is 0 Å². The Balaban J connectivity index is 1.56. The standard InChI is InChI=1S/C22H26N4O4/c1-22(20(28)25-17-9-5-8-16(18(17)23)19(24)27)10-12-26(13-11-22)21(29)30-14-15-6-3-2-4-7-15/h2-9H,10-14,23H2,1H3,(H2,24,27)(H,25,28). The van der Waals surface area contributed by atoms with Crippen molar-refractivity contribution < 1.29 is 19.1 Å². The number of nitrogens with one attached hydrogen (secondary N) is 1. The van der Waals surface area contributed by atoms with Gasteiger partial charge >= 0.3 is 6.09 Å². The monoisotopic (exact) mass is 410 g/mol. The van der Waals surface area contributed by atoms with E-state index >= 15 is 0 Å². The number of nitrogens with zero attached hydrogens (tertiary/aromatic N) is 1. The molecular weight excluding hydrogens is 384 g/mol. The van der Waals surface area contributed by atoms with Crippen LogP contribution in [0.4, 0.5) is 16.2 Å². The van der Waals surface area contributed by atoms with Crippen LogP contribution in [0.1, 0.15) is 35.7 Å². The van der Waals surface area contributed by atoms with E-state index in [1.165, 1.54) is 6.07 Å². The van der Waals surface area contributed by atoms with Crippen molar-refractivity contribution in [2.45, 2.75) is 26.4 Å². The molecule has 3 amide bonds. The first-order valence-electron chi connectivity index (χ1n) is 9.75. The van der Waals surface area contributed by atoms with E-state index in [-0.39, 0.29) is 29.9 Å². The molecule has 30 heavy (non-hydrogen) atoms. The Morgan fingerprint density at radius 1 is 1.07 bits per heavy atom. The molecule has 0 spiro atoms. The second-order valence-corrected chi connectivity index (χ2v) is 7.67. The number of carbonyl (C=O) groups excluding carboxylic acids is 3. The maximum atomic E-state index is 12.9. The van der Waals surface area contributed by atoms with E-state index in [1.807, 2.05) is 37.3 Å². The summed E-state index contributed by atoms with van der Waals surface area (Å²) in [6.45, 7) is 2.88. The molecule has 158 valence electrons. The van der Waals surface area contributed by atoms with Crippen LogP contribution in [-0.4, -0.2) is 35.9 Å². The molecule has 0 saturated carbocycles. The molecule has 8 nitrogen and oxygen atoms in total. The molecule has 0 aliphatic carbocycles. The van der Waals surface area contributed by atoms with Crippen molar-refractivity contribution in [2.24, 2.45) is 11.1 Å². The molecule has 1 heterocycles. The highest BCUT2D eigenvalue weighted by Crippen LogP contribution is 2.34. The quantitative estimate of drug-likeness (QED) is 0.653. The van der Waals surface area contributed by atoms with Gasteiger partial charge in [-0.05, 0) is 30.5 Å². The number of anilines is 2. The summed E-state index contributed by atoms with van der Waals surface area (Å²) in [5.74, 6) is -0.870. The minimum Gasteiger partial charge on any atom is -0.445 e. The number of rotatable bonds is 5. The molecule has 2 aromatic rings. The average molecular weight is 410 g/mol. The van der Waals surface area contributed by atoms with Crippen LogP contribution in [-0.2, 0) is 16.1 Å². The number of amides is 3. The zero-order valence-electron chi connectivity index (χ0n) is 16.9. The third-order valence-corrected chi connectivity index (χ3v) is 5.50. The van der Waals surface area contributed by atoms with Gasteiger partial charge in [-0.2, -0.15) is 0 Å². The number of para-hydroxylation sites is 1. The largest absolute Gasteiger partial charge is 0.445 e. The Bertz CT molecular complexity index is 937. The normalized spacial score (nSPS) is 15.3. The summed E-state index contributed by atoms with van der Waals surface area (Å²) in [7, 11) is 0. The van der Waals surface area contributed by atoms with Crippen LogP contribution in [0.2, 0.25) is 0 Å². The lowest BCUT2D eigenvalue weighted by molar-refractivity contribution is -0.127. The number of benzene rings is 2. The number of nitrogens with two attached hydrogens (primary N) is 2. The zero-order valence-corrected chi connectivity index (χ0v) is 16.9. The number of hydrogen-bond donors (Lipinski definition) is 3. The van der Waals surface area contributed by atoms with Crippen molar-refractivity contribution in [3.8, 4) is 0 Å². The fourth-order valence-corrected chi connectivity index (χ4v) is 3.38. The first-order chi connectivity index (χ1) is 14.3. The van der Waals surface area contributed by atoms with Crippen molar-refractivity contribution in [3.63, 3.8) is 0 Å². The van der Waals surface area contributed by atoms with E-state index in [1.54, 1.807) is 17.0 Å². The Hall–Kier alpha value is -3.55. The predicted octanol–water partition coefficient (Wildman–Crippen LogP) is 2.75. The van der Waals surface area contributed by atoms with Crippen LogP contribution < -0.4 is 16.8 Å². The maximum absolute atomic E-state index is 12.9. The first-order valence-corrected chi connectivity index (χ1v) is 9.75. The third-order valence-electron chi connectivity index (χ3n) is 5.50. The van der Waals surface area contributed by atoms with Crippen LogP contribution in [0, 0.1) is 5.41 Å². The van der Waals surface area contributed by atoms with Gasteiger partial charge in [0.15, 0.2) is 0 Å². The summed E-state index contributed by atoms with van der Waals surface area (Å²) in [5.41, 5.74) is 12.2. The molecule has 0 atom stereocenters. The summed E-state index contributed by atoms with van der Waals surface area (Å²) >= 11 is 0. The van der Waals surface area contributed by atoms with E-state index < -0.39 is 11.3 Å². The Kier molecular flexibility index (Phi) is 6.25. The molecule has 1 aliphatic rings. The van der Waals surface area contributed by atoms with E-state index in [0.717, 1.165) is 5.56 Å². The number of primary amides is 1. The maximum Gasteiger partial charge on any atom is 0.410 e. The summed E-state index contributed by atoms with van der Waals surface area (Å²) in [4.78, 5) is 38.3. The highest BCUT2D eigenvalue weighted by atomic mass is 16.6. The van der Waals surface area contributed by atoms with E-state index in [0.29, 0.717) is 31.6 Å². The third kappa shape index (κ3) is 4.71. The van der Waals surface area contributed by atoms with E-state index in [2.05, 4.69) is 5.32 Å². The minimum absolute atomic E-state index is 0.142. The first kappa shape index (κ1) is 21.2. The van der Waals surface area contributed by atoms with Gasteiger partial charge in [-0.3, -0.25) is 9.59 Å². The van der Waals surface area contributed by atoms with Gasteiger partial charge < -0.3 is 26.4 Å². The van der Waals surface area contributed by atoms with Crippen molar-refractivity contribution in [2.75, 3.05) is 24.1 Å². The molecule has 8 heteroatoms. The van der Waals surface area contributed by atoms with Crippen LogP contribution in [0.5, 0.6) is 0 Å². The highest BCUT2D eigenvalue weighted by Gasteiger charge is 2.38. The van der Waals surface area contributed by atoms with Gasteiger partial charge in [-0.1, -0.05) is 43.3 Å². The predicted molar refractivity (Wildman–Crippen MR) is 114 cm³/mol. The number of ether oxygens (including phenoxy) is 1. The molecule has 0 bridgehead atoms. The summed E-state index contributed by atoms with van der Waals surface area (Å²) < 4.78 is 5.37. The fraction of sp³-hybridized carbons (Fsp3) is 0.318. The molecular formula is C22H26N4O4. The number of likely N-dealkylation sites (tertiary alicyclic amines) is 1. The Morgan fingerprint density at radius 2 is 1.73 bits per heavy atom.